The van der Waals surface area contributed by atoms with Gasteiger partial charge in [-0.1, -0.05) is 50.6 Å². The third-order valence-electron chi connectivity index (χ3n) is 3.01. The standard InChI is InChI=1S/C15H22ClF2NO/c1-2-3-4-5-6-7-10-19-12-8-9-14(13(16)11-12)20-15(17)18/h8-9,11,15,19H,2-7,10H2,1H3. The van der Waals surface area contributed by atoms with Gasteiger partial charge in [-0.3, -0.25) is 0 Å². The summed E-state index contributed by atoms with van der Waals surface area (Å²) in [6.07, 6.45) is 7.40. The Hall–Kier alpha value is -1.03. The highest BCUT2D eigenvalue weighted by atomic mass is 35.5. The van der Waals surface area contributed by atoms with Crippen molar-refractivity contribution < 1.29 is 13.5 Å². The molecule has 0 amide bonds. The van der Waals surface area contributed by atoms with Crippen molar-refractivity contribution in [2.24, 2.45) is 0 Å². The Balaban J connectivity index is 2.25. The van der Waals surface area contributed by atoms with Crippen LogP contribution in [0.4, 0.5) is 14.5 Å². The fourth-order valence-electron chi connectivity index (χ4n) is 1.94. The van der Waals surface area contributed by atoms with E-state index in [2.05, 4.69) is 17.0 Å². The number of ether oxygens (including phenoxy) is 1. The zero-order valence-electron chi connectivity index (χ0n) is 11.8. The van der Waals surface area contributed by atoms with Gasteiger partial charge in [0.05, 0.1) is 5.02 Å². The Morgan fingerprint density at radius 3 is 2.50 bits per heavy atom. The first-order valence-electron chi connectivity index (χ1n) is 7.11. The summed E-state index contributed by atoms with van der Waals surface area (Å²) >= 11 is 5.87. The molecule has 0 aliphatic carbocycles. The summed E-state index contributed by atoms with van der Waals surface area (Å²) in [4.78, 5) is 0. The predicted molar refractivity (Wildman–Crippen MR) is 79.9 cm³/mol. The minimum absolute atomic E-state index is 0.00628. The molecule has 0 aliphatic heterocycles. The molecule has 0 fully saturated rings. The number of nitrogens with one attached hydrogen (secondary N) is 1. The number of anilines is 1. The third kappa shape index (κ3) is 6.94. The van der Waals surface area contributed by atoms with Crippen molar-refractivity contribution in [2.75, 3.05) is 11.9 Å². The summed E-state index contributed by atoms with van der Waals surface area (Å²) in [6, 6.07) is 4.76. The average molecular weight is 306 g/mol. The van der Waals surface area contributed by atoms with Crippen molar-refractivity contribution in [1.29, 1.82) is 0 Å². The lowest BCUT2D eigenvalue weighted by molar-refractivity contribution is -0.0497. The minimum Gasteiger partial charge on any atom is -0.433 e. The van der Waals surface area contributed by atoms with Crippen molar-refractivity contribution in [1.82, 2.24) is 0 Å². The van der Waals surface area contributed by atoms with Gasteiger partial charge in [0.2, 0.25) is 0 Å². The van der Waals surface area contributed by atoms with E-state index in [0.29, 0.717) is 0 Å². The Morgan fingerprint density at radius 1 is 1.15 bits per heavy atom. The lowest BCUT2D eigenvalue weighted by Crippen LogP contribution is -2.04. The quantitative estimate of drug-likeness (QED) is 0.559. The van der Waals surface area contributed by atoms with Gasteiger partial charge in [-0.25, -0.2) is 0 Å². The van der Waals surface area contributed by atoms with Crippen LogP contribution in [-0.4, -0.2) is 13.2 Å². The second kappa shape index (κ2) is 9.81. The van der Waals surface area contributed by atoms with Crippen LogP contribution in [0.1, 0.15) is 45.4 Å². The van der Waals surface area contributed by atoms with E-state index < -0.39 is 6.61 Å². The molecule has 0 aromatic heterocycles. The lowest BCUT2D eigenvalue weighted by atomic mass is 10.1. The fraction of sp³-hybridized carbons (Fsp3) is 0.600. The maximum atomic E-state index is 12.1. The summed E-state index contributed by atoms with van der Waals surface area (Å²) in [5, 5.41) is 3.42. The summed E-state index contributed by atoms with van der Waals surface area (Å²) < 4.78 is 28.4. The number of benzene rings is 1. The molecule has 0 unspecified atom stereocenters. The van der Waals surface area contributed by atoms with Gasteiger partial charge < -0.3 is 10.1 Å². The van der Waals surface area contributed by atoms with Crippen LogP contribution in [0.2, 0.25) is 5.02 Å². The molecule has 1 aromatic carbocycles. The molecule has 0 spiro atoms. The van der Waals surface area contributed by atoms with Crippen LogP contribution < -0.4 is 10.1 Å². The SMILES string of the molecule is CCCCCCCCNc1ccc(OC(F)F)c(Cl)c1. The highest BCUT2D eigenvalue weighted by Crippen LogP contribution is 2.28. The second-order valence-corrected chi connectivity index (χ2v) is 5.13. The molecule has 20 heavy (non-hydrogen) atoms. The first-order valence-corrected chi connectivity index (χ1v) is 7.49. The monoisotopic (exact) mass is 305 g/mol. The molecule has 5 heteroatoms. The van der Waals surface area contributed by atoms with E-state index in [0.717, 1.165) is 18.7 Å². The summed E-state index contributed by atoms with van der Waals surface area (Å²) in [7, 11) is 0. The number of hydrogen-bond acceptors (Lipinski definition) is 2. The first kappa shape index (κ1) is 17.0. The average Bonchev–Trinajstić information content (AvgIpc) is 2.40. The maximum Gasteiger partial charge on any atom is 0.387 e. The topological polar surface area (TPSA) is 21.3 Å². The molecule has 0 saturated heterocycles. The van der Waals surface area contributed by atoms with Gasteiger partial charge in [0.1, 0.15) is 5.75 Å². The van der Waals surface area contributed by atoms with Gasteiger partial charge >= 0.3 is 6.61 Å². The van der Waals surface area contributed by atoms with Crippen LogP contribution in [0.15, 0.2) is 18.2 Å². The Morgan fingerprint density at radius 2 is 1.85 bits per heavy atom. The fourth-order valence-corrected chi connectivity index (χ4v) is 2.17. The predicted octanol–water partition coefficient (Wildman–Crippen LogP) is 5.71. The second-order valence-electron chi connectivity index (χ2n) is 4.72. The van der Waals surface area contributed by atoms with Crippen molar-refractivity contribution in [3.63, 3.8) is 0 Å². The third-order valence-corrected chi connectivity index (χ3v) is 3.30. The molecular formula is C15H22ClF2NO. The number of alkyl halides is 2. The molecule has 114 valence electrons. The van der Waals surface area contributed by atoms with Gasteiger partial charge in [-0.05, 0) is 24.6 Å². The van der Waals surface area contributed by atoms with E-state index in [-0.39, 0.29) is 10.8 Å². The molecule has 1 aromatic rings. The molecule has 0 aliphatic rings. The Labute approximate surface area is 124 Å². The largest absolute Gasteiger partial charge is 0.433 e. The van der Waals surface area contributed by atoms with E-state index in [4.69, 9.17) is 11.6 Å². The van der Waals surface area contributed by atoms with Gasteiger partial charge in [-0.2, -0.15) is 8.78 Å². The van der Waals surface area contributed by atoms with Crippen LogP contribution in [0.25, 0.3) is 0 Å². The van der Waals surface area contributed by atoms with E-state index >= 15 is 0 Å². The Bertz CT molecular complexity index is 388. The highest BCUT2D eigenvalue weighted by molar-refractivity contribution is 6.32. The molecule has 0 heterocycles. The molecule has 1 N–H and O–H groups in total. The zero-order valence-corrected chi connectivity index (χ0v) is 12.6. The van der Waals surface area contributed by atoms with Crippen LogP contribution in [0.5, 0.6) is 5.75 Å². The minimum atomic E-state index is -2.85. The zero-order chi connectivity index (χ0) is 14.8. The molecule has 0 atom stereocenters. The van der Waals surface area contributed by atoms with E-state index in [1.54, 1.807) is 12.1 Å². The summed E-state index contributed by atoms with van der Waals surface area (Å²) in [5.41, 5.74) is 0.824. The van der Waals surface area contributed by atoms with E-state index in [9.17, 15) is 8.78 Å². The number of hydrogen-bond donors (Lipinski definition) is 1. The van der Waals surface area contributed by atoms with Crippen molar-refractivity contribution in [3.8, 4) is 5.75 Å². The molecule has 0 bridgehead atoms. The number of halogens is 3. The summed E-state index contributed by atoms with van der Waals surface area (Å²) in [5.74, 6) is 0.00628. The number of rotatable bonds is 10. The van der Waals surface area contributed by atoms with Gasteiger partial charge in [-0.15, -0.1) is 0 Å². The molecule has 1 rings (SSSR count). The van der Waals surface area contributed by atoms with E-state index in [1.165, 1.54) is 38.2 Å². The van der Waals surface area contributed by atoms with E-state index in [1.807, 2.05) is 0 Å². The molecular weight excluding hydrogens is 284 g/mol. The van der Waals surface area contributed by atoms with Gasteiger partial charge in [0.15, 0.2) is 0 Å². The van der Waals surface area contributed by atoms with Crippen molar-refractivity contribution in [3.05, 3.63) is 23.2 Å². The van der Waals surface area contributed by atoms with Crippen LogP contribution in [-0.2, 0) is 0 Å². The van der Waals surface area contributed by atoms with Crippen LogP contribution in [0.3, 0.4) is 0 Å². The van der Waals surface area contributed by atoms with Crippen LogP contribution in [0, 0.1) is 0 Å². The summed E-state index contributed by atoms with van der Waals surface area (Å²) in [6.45, 7) is 0.207. The highest BCUT2D eigenvalue weighted by Gasteiger charge is 2.08. The lowest BCUT2D eigenvalue weighted by Gasteiger charge is -2.10. The van der Waals surface area contributed by atoms with Crippen molar-refractivity contribution >= 4 is 17.3 Å². The first-order chi connectivity index (χ1) is 9.63. The smallest absolute Gasteiger partial charge is 0.387 e. The molecule has 0 radical (unpaired) electrons. The molecule has 0 saturated carbocycles. The maximum absolute atomic E-state index is 12.1. The normalized spacial score (nSPS) is 10.8. The van der Waals surface area contributed by atoms with Crippen molar-refractivity contribution in [2.45, 2.75) is 52.1 Å². The van der Waals surface area contributed by atoms with Gasteiger partial charge in [0, 0.05) is 12.2 Å². The Kier molecular flexibility index (Phi) is 8.35. The molecule has 2 nitrogen and oxygen atoms in total. The van der Waals surface area contributed by atoms with Gasteiger partial charge in [0.25, 0.3) is 0 Å². The van der Waals surface area contributed by atoms with Crippen LogP contribution >= 0.6 is 11.6 Å². The number of unbranched alkanes of at least 4 members (excludes halogenated alkanes) is 5.